The predicted octanol–water partition coefficient (Wildman–Crippen LogP) is 23.3. The third-order valence-corrected chi connectivity index (χ3v) is 16.0. The molecule has 0 saturated heterocycles. The Kier molecular flexibility index (Phi) is 65.6. The van der Waals surface area contributed by atoms with Gasteiger partial charge in [0, 0.05) is 12.8 Å². The zero-order valence-electron chi connectivity index (χ0n) is 58.3. The molecule has 0 radical (unpaired) electrons. The SMILES string of the molecule is CC/C=C\C/C=C\C/C=C\C/C=C\C/C=C\C/C=C\C/C=C\C/C=C\C/C=C\CCCC(=O)OC(COC(=O)CCCCCCCCCCCCCCCCCCCCCCCCCC/C=C\C/C=C\C/C=C\C/C=C\CC)COP(=O)([O-])OCC[N+](C)(C)C. The van der Waals surface area contributed by atoms with Crippen LogP contribution in [0.15, 0.2) is 158 Å². The second-order valence-electron chi connectivity index (χ2n) is 24.8. The van der Waals surface area contributed by atoms with Crippen molar-refractivity contribution < 1.29 is 42.1 Å². The fourth-order valence-corrected chi connectivity index (χ4v) is 10.3. The number of hydrogen-bond acceptors (Lipinski definition) is 8. The lowest BCUT2D eigenvalue weighted by molar-refractivity contribution is -0.870. The summed E-state index contributed by atoms with van der Waals surface area (Å²) in [5.41, 5.74) is 0. The quantitative estimate of drug-likeness (QED) is 0.0195. The molecule has 9 nitrogen and oxygen atoms in total. The largest absolute Gasteiger partial charge is 0.756 e. The summed E-state index contributed by atoms with van der Waals surface area (Å²) in [5.74, 6) is -0.905. The molecule has 0 fully saturated rings. The van der Waals surface area contributed by atoms with E-state index in [9.17, 15) is 19.0 Å². The molecule has 0 bridgehead atoms. The highest BCUT2D eigenvalue weighted by atomic mass is 31.2. The monoisotopic (exact) mass is 1270 g/mol. The van der Waals surface area contributed by atoms with Crippen molar-refractivity contribution in [2.45, 2.75) is 290 Å². The van der Waals surface area contributed by atoms with Crippen LogP contribution in [0, 0.1) is 0 Å². The van der Waals surface area contributed by atoms with Crippen molar-refractivity contribution in [3.8, 4) is 0 Å². The highest BCUT2D eigenvalue weighted by molar-refractivity contribution is 7.45. The molecule has 0 amide bonds. The summed E-state index contributed by atoms with van der Waals surface area (Å²) in [4.78, 5) is 38.1. The molecular weight excluding hydrogens is 1130 g/mol. The molecule has 0 aromatic rings. The Balaban J connectivity index is 4.09. The maximum absolute atomic E-state index is 12.8. The lowest BCUT2D eigenvalue weighted by atomic mass is 10.0. The Morgan fingerprint density at radius 1 is 0.344 bits per heavy atom. The van der Waals surface area contributed by atoms with Crippen LogP contribution in [-0.2, 0) is 32.7 Å². The van der Waals surface area contributed by atoms with Gasteiger partial charge in [-0.25, -0.2) is 0 Å². The number of phosphoric ester groups is 1. The molecule has 10 heteroatoms. The maximum atomic E-state index is 12.8. The van der Waals surface area contributed by atoms with Crippen molar-refractivity contribution in [1.29, 1.82) is 0 Å². The van der Waals surface area contributed by atoms with Gasteiger partial charge in [-0.05, 0) is 116 Å². The van der Waals surface area contributed by atoms with Gasteiger partial charge in [-0.2, -0.15) is 0 Å². The van der Waals surface area contributed by atoms with E-state index in [1.807, 2.05) is 27.2 Å². The van der Waals surface area contributed by atoms with Gasteiger partial charge in [-0.15, -0.1) is 0 Å². The molecule has 0 aliphatic carbocycles. The number of likely N-dealkylation sites (N-methyl/N-ethyl adjacent to an activating group) is 1. The van der Waals surface area contributed by atoms with Gasteiger partial charge in [0.25, 0.3) is 7.82 Å². The summed E-state index contributed by atoms with van der Waals surface area (Å²) in [6.45, 7) is 3.95. The lowest BCUT2D eigenvalue weighted by Gasteiger charge is -2.28. The topological polar surface area (TPSA) is 111 Å². The summed E-state index contributed by atoms with van der Waals surface area (Å²) >= 11 is 0. The first-order chi connectivity index (χ1) is 44.0. The Bertz CT molecular complexity index is 2080. The number of nitrogens with zero attached hydrogens (tertiary/aromatic N) is 1. The van der Waals surface area contributed by atoms with Gasteiger partial charge < -0.3 is 27.9 Å². The van der Waals surface area contributed by atoms with Gasteiger partial charge in [0.15, 0.2) is 6.10 Å². The van der Waals surface area contributed by atoms with Crippen LogP contribution in [0.5, 0.6) is 0 Å². The zero-order valence-corrected chi connectivity index (χ0v) is 59.2. The van der Waals surface area contributed by atoms with Crippen LogP contribution >= 0.6 is 7.82 Å². The van der Waals surface area contributed by atoms with Gasteiger partial charge in [-0.3, -0.25) is 14.2 Å². The maximum Gasteiger partial charge on any atom is 0.306 e. The van der Waals surface area contributed by atoms with E-state index in [1.54, 1.807) is 0 Å². The molecule has 0 aliphatic heterocycles. The van der Waals surface area contributed by atoms with E-state index in [4.69, 9.17) is 18.5 Å². The van der Waals surface area contributed by atoms with E-state index in [0.29, 0.717) is 23.9 Å². The van der Waals surface area contributed by atoms with E-state index in [2.05, 4.69) is 166 Å². The van der Waals surface area contributed by atoms with Crippen LogP contribution < -0.4 is 4.89 Å². The number of allylic oxidation sites excluding steroid dienone is 26. The molecule has 0 N–H and O–H groups in total. The first kappa shape index (κ1) is 85.6. The molecule has 0 aliphatic rings. The van der Waals surface area contributed by atoms with Crippen LogP contribution in [-0.4, -0.2) is 70.0 Å². The van der Waals surface area contributed by atoms with E-state index in [1.165, 1.54) is 141 Å². The number of rotatable bonds is 65. The van der Waals surface area contributed by atoms with Gasteiger partial charge in [0.05, 0.1) is 27.7 Å². The molecule has 0 aromatic heterocycles. The Labute approximate surface area is 554 Å². The standard InChI is InChI=1S/C80H134NO8P/c1-6-8-10-12-14-16-18-20-22-24-26-28-30-32-34-36-37-38-39-40-41-42-43-45-46-48-50-52-54-56-58-60-62-64-66-68-70-72-79(82)86-76-78(77-88-90(84,85)87-75-74-81(3,4)5)89-80(83)73-71-69-67-65-63-61-59-57-55-53-51-49-47-44-35-33-31-29-27-25-23-21-19-17-15-13-11-9-7-2/h8-11,14-17,20-23,26-29,33,35,47,49,53,55,59,61,65,67,78H,6-7,12-13,18-19,24-25,30-32,34,36-46,48,50-52,54,56-58,60,62-64,66,68-77H2,1-5H3/b10-8-,11-9-,16-14-,17-15-,22-20-,23-21-,28-26-,29-27-,35-33-,49-47-,55-53-,61-59-,67-65-. The molecule has 2 unspecified atom stereocenters. The summed E-state index contributed by atoms with van der Waals surface area (Å²) in [6.07, 6.45) is 104. The van der Waals surface area contributed by atoms with Crippen molar-refractivity contribution in [2.24, 2.45) is 0 Å². The zero-order chi connectivity index (χ0) is 65.5. The molecule has 0 rings (SSSR count). The number of carbonyl (C=O) groups is 2. The van der Waals surface area contributed by atoms with Crippen LogP contribution in [0.25, 0.3) is 0 Å². The Morgan fingerprint density at radius 2 is 0.611 bits per heavy atom. The number of hydrogen-bond donors (Lipinski definition) is 0. The van der Waals surface area contributed by atoms with Crippen molar-refractivity contribution >= 4 is 19.8 Å². The molecular formula is C80H134NO8P. The second-order valence-corrected chi connectivity index (χ2v) is 26.2. The van der Waals surface area contributed by atoms with Gasteiger partial charge in [0.1, 0.15) is 19.8 Å². The molecule has 0 saturated carbocycles. The number of phosphoric acid groups is 1. The predicted molar refractivity (Wildman–Crippen MR) is 387 cm³/mol. The number of ether oxygens (including phenoxy) is 2. The average Bonchev–Trinajstić information content (AvgIpc) is 3.58. The molecule has 2 atom stereocenters. The van der Waals surface area contributed by atoms with Crippen molar-refractivity contribution in [2.75, 3.05) is 47.5 Å². The Morgan fingerprint density at radius 3 is 0.922 bits per heavy atom. The van der Waals surface area contributed by atoms with Crippen LogP contribution in [0.3, 0.4) is 0 Å². The van der Waals surface area contributed by atoms with E-state index >= 15 is 0 Å². The minimum absolute atomic E-state index is 0.0485. The van der Waals surface area contributed by atoms with E-state index in [0.717, 1.165) is 103 Å². The fraction of sp³-hybridized carbons (Fsp3) is 0.650. The number of unbranched alkanes of at least 4 members (excludes halogenated alkanes) is 25. The third-order valence-electron chi connectivity index (χ3n) is 15.0. The first-order valence-electron chi connectivity index (χ1n) is 36.2. The van der Waals surface area contributed by atoms with E-state index in [-0.39, 0.29) is 26.1 Å². The highest BCUT2D eigenvalue weighted by Gasteiger charge is 2.22. The van der Waals surface area contributed by atoms with E-state index < -0.39 is 32.5 Å². The minimum atomic E-state index is -4.67. The summed E-state index contributed by atoms with van der Waals surface area (Å²) in [6, 6.07) is 0. The molecule has 90 heavy (non-hydrogen) atoms. The van der Waals surface area contributed by atoms with Crippen LogP contribution in [0.2, 0.25) is 0 Å². The summed E-state index contributed by atoms with van der Waals surface area (Å²) in [5, 5.41) is 0. The van der Waals surface area contributed by atoms with Crippen LogP contribution in [0.1, 0.15) is 284 Å². The number of carbonyl (C=O) groups excluding carboxylic acids is 2. The molecule has 512 valence electrons. The molecule has 0 spiro atoms. The fourth-order valence-electron chi connectivity index (χ4n) is 9.59. The second kappa shape index (κ2) is 69.0. The Hall–Kier alpha value is -4.37. The van der Waals surface area contributed by atoms with Crippen molar-refractivity contribution in [1.82, 2.24) is 0 Å². The summed E-state index contributed by atoms with van der Waals surface area (Å²) in [7, 11) is 1.12. The summed E-state index contributed by atoms with van der Waals surface area (Å²) < 4.78 is 34.2. The molecule has 0 aromatic carbocycles. The van der Waals surface area contributed by atoms with Gasteiger partial charge in [0.2, 0.25) is 0 Å². The highest BCUT2D eigenvalue weighted by Crippen LogP contribution is 2.38. The van der Waals surface area contributed by atoms with Crippen molar-refractivity contribution in [3.63, 3.8) is 0 Å². The minimum Gasteiger partial charge on any atom is -0.756 e. The first-order valence-corrected chi connectivity index (χ1v) is 37.7. The normalized spacial score (nSPS) is 14.1. The van der Waals surface area contributed by atoms with Crippen LogP contribution in [0.4, 0.5) is 0 Å². The van der Waals surface area contributed by atoms with Crippen molar-refractivity contribution in [3.05, 3.63) is 158 Å². The van der Waals surface area contributed by atoms with Gasteiger partial charge in [-0.1, -0.05) is 313 Å². The number of quaternary nitrogens is 1. The molecule has 0 heterocycles. The van der Waals surface area contributed by atoms with Gasteiger partial charge >= 0.3 is 11.9 Å². The smallest absolute Gasteiger partial charge is 0.306 e. The number of esters is 2. The third kappa shape index (κ3) is 72.7. The average molecular weight is 1270 g/mol. The lowest BCUT2D eigenvalue weighted by Crippen LogP contribution is -2.37.